The fourth-order valence-electron chi connectivity index (χ4n) is 1.88. The summed E-state index contributed by atoms with van der Waals surface area (Å²) in [5, 5.41) is 3.04. The second-order valence-corrected chi connectivity index (χ2v) is 4.80. The molecular formula is C12H15ClF3NO. The quantitative estimate of drug-likeness (QED) is 0.850. The van der Waals surface area contributed by atoms with Crippen LogP contribution >= 0.6 is 12.4 Å². The lowest BCUT2D eigenvalue weighted by Gasteiger charge is -2.20. The van der Waals surface area contributed by atoms with Crippen LogP contribution in [0.2, 0.25) is 0 Å². The van der Waals surface area contributed by atoms with Gasteiger partial charge in [-0.2, -0.15) is 13.2 Å². The Balaban J connectivity index is 0.00000162. The minimum Gasteiger partial charge on any atom is -0.357 e. The van der Waals surface area contributed by atoms with Crippen LogP contribution in [-0.2, 0) is 10.9 Å². The van der Waals surface area contributed by atoms with Gasteiger partial charge in [0.2, 0.25) is 0 Å². The normalized spacial score (nSPS) is 22.6. The minimum atomic E-state index is -4.35. The molecule has 102 valence electrons. The SMILES string of the molecule is CC1(C)COC(c2ccccc2C(F)(F)F)N1.Cl. The van der Waals surface area contributed by atoms with Crippen molar-refractivity contribution < 1.29 is 17.9 Å². The molecule has 1 N–H and O–H groups in total. The molecule has 1 saturated heterocycles. The lowest BCUT2D eigenvalue weighted by molar-refractivity contribution is -0.139. The van der Waals surface area contributed by atoms with E-state index in [1.165, 1.54) is 12.1 Å². The second-order valence-electron chi connectivity index (χ2n) is 4.80. The van der Waals surface area contributed by atoms with E-state index < -0.39 is 18.0 Å². The van der Waals surface area contributed by atoms with Crippen LogP contribution in [0.4, 0.5) is 13.2 Å². The van der Waals surface area contributed by atoms with Crippen molar-refractivity contribution >= 4 is 12.4 Å². The van der Waals surface area contributed by atoms with Crippen molar-refractivity contribution in [2.45, 2.75) is 31.8 Å². The van der Waals surface area contributed by atoms with Gasteiger partial charge >= 0.3 is 6.18 Å². The topological polar surface area (TPSA) is 21.3 Å². The number of alkyl halides is 3. The van der Waals surface area contributed by atoms with Gasteiger partial charge in [0.25, 0.3) is 0 Å². The van der Waals surface area contributed by atoms with Gasteiger partial charge in [-0.1, -0.05) is 18.2 Å². The summed E-state index contributed by atoms with van der Waals surface area (Å²) in [6.45, 7) is 4.18. The fraction of sp³-hybridized carbons (Fsp3) is 0.500. The largest absolute Gasteiger partial charge is 0.416 e. The smallest absolute Gasteiger partial charge is 0.357 e. The lowest BCUT2D eigenvalue weighted by Crippen LogP contribution is -2.36. The van der Waals surface area contributed by atoms with Gasteiger partial charge in [0.05, 0.1) is 12.2 Å². The van der Waals surface area contributed by atoms with Crippen LogP contribution < -0.4 is 5.32 Å². The predicted octanol–water partition coefficient (Wildman–Crippen LogP) is 3.52. The predicted molar refractivity (Wildman–Crippen MR) is 64.6 cm³/mol. The Bertz CT molecular complexity index is 420. The molecule has 1 atom stereocenters. The summed E-state index contributed by atoms with van der Waals surface area (Å²) in [6, 6.07) is 5.49. The van der Waals surface area contributed by atoms with E-state index >= 15 is 0 Å². The Morgan fingerprint density at radius 3 is 2.39 bits per heavy atom. The van der Waals surface area contributed by atoms with Gasteiger partial charge in [-0.05, 0) is 19.9 Å². The first-order chi connectivity index (χ1) is 7.80. The second kappa shape index (κ2) is 5.07. The highest BCUT2D eigenvalue weighted by molar-refractivity contribution is 5.85. The van der Waals surface area contributed by atoms with Gasteiger partial charge in [0.15, 0.2) is 0 Å². The Morgan fingerprint density at radius 1 is 1.28 bits per heavy atom. The van der Waals surface area contributed by atoms with Gasteiger partial charge in [-0.15, -0.1) is 12.4 Å². The van der Waals surface area contributed by atoms with E-state index in [9.17, 15) is 13.2 Å². The lowest BCUT2D eigenvalue weighted by atomic mass is 10.0. The van der Waals surface area contributed by atoms with Crippen molar-refractivity contribution in [3.63, 3.8) is 0 Å². The van der Waals surface area contributed by atoms with Crippen LogP contribution in [0.3, 0.4) is 0 Å². The van der Waals surface area contributed by atoms with E-state index in [1.54, 1.807) is 6.07 Å². The third-order valence-electron chi connectivity index (χ3n) is 2.68. The van der Waals surface area contributed by atoms with Crippen molar-refractivity contribution in [3.05, 3.63) is 35.4 Å². The minimum absolute atomic E-state index is 0. The van der Waals surface area contributed by atoms with Crippen LogP contribution in [0.5, 0.6) is 0 Å². The highest BCUT2D eigenvalue weighted by atomic mass is 35.5. The Hall–Kier alpha value is -0.780. The monoisotopic (exact) mass is 281 g/mol. The van der Waals surface area contributed by atoms with Gasteiger partial charge in [0, 0.05) is 11.1 Å². The number of hydrogen-bond acceptors (Lipinski definition) is 2. The molecule has 1 aliphatic heterocycles. The molecule has 0 aliphatic carbocycles. The molecule has 0 spiro atoms. The molecule has 18 heavy (non-hydrogen) atoms. The number of hydrogen-bond donors (Lipinski definition) is 1. The van der Waals surface area contributed by atoms with E-state index in [1.807, 2.05) is 13.8 Å². The molecule has 6 heteroatoms. The number of halogens is 4. The number of benzene rings is 1. The van der Waals surface area contributed by atoms with Crippen molar-refractivity contribution in [2.24, 2.45) is 0 Å². The summed E-state index contributed by atoms with van der Waals surface area (Å²) in [7, 11) is 0. The van der Waals surface area contributed by atoms with Gasteiger partial charge in [-0.3, -0.25) is 5.32 Å². The van der Waals surface area contributed by atoms with Crippen LogP contribution in [0.15, 0.2) is 24.3 Å². The van der Waals surface area contributed by atoms with Gasteiger partial charge in [0.1, 0.15) is 6.23 Å². The average Bonchev–Trinajstić information content (AvgIpc) is 2.58. The van der Waals surface area contributed by atoms with Crippen LogP contribution in [0, 0.1) is 0 Å². The summed E-state index contributed by atoms with van der Waals surface area (Å²) in [6.07, 6.45) is -5.04. The van der Waals surface area contributed by atoms with Crippen molar-refractivity contribution in [2.75, 3.05) is 6.61 Å². The number of rotatable bonds is 1. The Kier molecular flexibility index (Phi) is 4.30. The molecule has 0 bridgehead atoms. The van der Waals surface area contributed by atoms with E-state index in [4.69, 9.17) is 4.74 Å². The molecule has 1 aromatic rings. The van der Waals surface area contributed by atoms with Gasteiger partial charge < -0.3 is 4.74 Å². The first-order valence-corrected chi connectivity index (χ1v) is 5.35. The molecular weight excluding hydrogens is 267 g/mol. The van der Waals surface area contributed by atoms with Crippen LogP contribution in [-0.4, -0.2) is 12.1 Å². The molecule has 0 amide bonds. The van der Waals surface area contributed by atoms with E-state index in [2.05, 4.69) is 5.32 Å². The summed E-state index contributed by atoms with van der Waals surface area (Å²) in [4.78, 5) is 0. The summed E-state index contributed by atoms with van der Waals surface area (Å²) in [5.41, 5.74) is -0.801. The fourth-order valence-corrected chi connectivity index (χ4v) is 1.88. The highest BCUT2D eigenvalue weighted by Gasteiger charge is 2.39. The maximum atomic E-state index is 12.8. The summed E-state index contributed by atoms with van der Waals surface area (Å²) >= 11 is 0. The van der Waals surface area contributed by atoms with E-state index in [0.717, 1.165) is 6.07 Å². The Morgan fingerprint density at radius 2 is 1.89 bits per heavy atom. The van der Waals surface area contributed by atoms with E-state index in [0.29, 0.717) is 6.61 Å². The van der Waals surface area contributed by atoms with Crippen LogP contribution in [0.25, 0.3) is 0 Å². The first kappa shape index (κ1) is 15.3. The standard InChI is InChI=1S/C12H14F3NO.ClH/c1-11(2)7-17-10(16-11)8-5-3-4-6-9(8)12(13,14)15;/h3-6,10,16H,7H2,1-2H3;1H. The molecule has 0 saturated carbocycles. The maximum Gasteiger partial charge on any atom is 0.416 e. The molecule has 2 nitrogen and oxygen atoms in total. The van der Waals surface area contributed by atoms with Crippen molar-refractivity contribution in [3.8, 4) is 0 Å². The number of nitrogens with one attached hydrogen (secondary N) is 1. The highest BCUT2D eigenvalue weighted by Crippen LogP contribution is 2.37. The molecule has 0 radical (unpaired) electrons. The summed E-state index contributed by atoms with van der Waals surface area (Å²) < 4.78 is 43.8. The molecule has 1 aliphatic rings. The van der Waals surface area contributed by atoms with Crippen molar-refractivity contribution in [1.82, 2.24) is 5.32 Å². The third-order valence-corrected chi connectivity index (χ3v) is 2.68. The number of ether oxygens (including phenoxy) is 1. The Labute approximate surface area is 110 Å². The molecule has 2 rings (SSSR count). The zero-order valence-electron chi connectivity index (χ0n) is 10.0. The molecule has 1 fully saturated rings. The van der Waals surface area contributed by atoms with Crippen molar-refractivity contribution in [1.29, 1.82) is 0 Å². The first-order valence-electron chi connectivity index (χ1n) is 5.35. The average molecular weight is 282 g/mol. The maximum absolute atomic E-state index is 12.8. The summed E-state index contributed by atoms with van der Waals surface area (Å²) in [5.74, 6) is 0. The third kappa shape index (κ3) is 3.16. The van der Waals surface area contributed by atoms with Crippen LogP contribution in [0.1, 0.15) is 31.2 Å². The van der Waals surface area contributed by atoms with Gasteiger partial charge in [-0.25, -0.2) is 0 Å². The molecule has 0 aromatic heterocycles. The zero-order valence-corrected chi connectivity index (χ0v) is 10.9. The van der Waals surface area contributed by atoms with E-state index in [-0.39, 0.29) is 23.5 Å². The molecule has 1 unspecified atom stereocenters. The zero-order chi connectivity index (χ0) is 12.7. The molecule has 1 aromatic carbocycles. The molecule has 1 heterocycles.